The zero-order valence-corrected chi connectivity index (χ0v) is 10.3. The van der Waals surface area contributed by atoms with Crippen LogP contribution in [0.5, 0.6) is 0 Å². The van der Waals surface area contributed by atoms with Crippen LogP contribution < -0.4 is 11.1 Å². The molecule has 1 aliphatic heterocycles. The minimum Gasteiger partial charge on any atom is -0.444 e. The van der Waals surface area contributed by atoms with Crippen molar-refractivity contribution >= 4 is 12.0 Å². The van der Waals surface area contributed by atoms with Crippen molar-refractivity contribution in [2.45, 2.75) is 31.9 Å². The van der Waals surface area contributed by atoms with Gasteiger partial charge in [0.05, 0.1) is 24.7 Å². The lowest BCUT2D eigenvalue weighted by molar-refractivity contribution is -0.159. The predicted molar refractivity (Wildman–Crippen MR) is 63.7 cm³/mol. The van der Waals surface area contributed by atoms with Gasteiger partial charge in [-0.2, -0.15) is 0 Å². The van der Waals surface area contributed by atoms with Gasteiger partial charge >= 0.3 is 6.09 Å². The second kappa shape index (κ2) is 4.97. The standard InChI is InChI=1S/C12H18N2O4/c1-12(6-17-7-12)10(15)14-8-4-2-3-5-9(8)18-11(13)16/h2-3,8-9H,4-7H2,1H3,(H2,13,16)(H,14,15)/t8-,9-/m0/s1. The summed E-state index contributed by atoms with van der Waals surface area (Å²) in [6.07, 6.45) is 3.89. The molecule has 2 rings (SSSR count). The Hall–Kier alpha value is -1.56. The molecule has 100 valence electrons. The first kappa shape index (κ1) is 12.9. The van der Waals surface area contributed by atoms with Crippen LogP contribution in [0, 0.1) is 5.41 Å². The minimum absolute atomic E-state index is 0.0629. The van der Waals surface area contributed by atoms with Crippen molar-refractivity contribution in [1.29, 1.82) is 0 Å². The van der Waals surface area contributed by atoms with Crippen molar-refractivity contribution in [2.75, 3.05) is 13.2 Å². The smallest absolute Gasteiger partial charge is 0.404 e. The second-order valence-electron chi connectivity index (χ2n) is 5.05. The Kier molecular flexibility index (Phi) is 3.56. The maximum absolute atomic E-state index is 12.1. The van der Waals surface area contributed by atoms with Gasteiger partial charge in [-0.05, 0) is 13.3 Å². The molecule has 6 nitrogen and oxygen atoms in total. The van der Waals surface area contributed by atoms with Gasteiger partial charge in [0.15, 0.2) is 0 Å². The van der Waals surface area contributed by atoms with E-state index >= 15 is 0 Å². The molecular weight excluding hydrogens is 236 g/mol. The Bertz CT molecular complexity index is 376. The molecule has 1 fully saturated rings. The van der Waals surface area contributed by atoms with Crippen molar-refractivity contribution in [3.05, 3.63) is 12.2 Å². The number of primary amides is 1. The third-order valence-electron chi connectivity index (χ3n) is 3.35. The number of nitrogens with two attached hydrogens (primary N) is 1. The van der Waals surface area contributed by atoms with Crippen LogP contribution in [0.2, 0.25) is 0 Å². The normalized spacial score (nSPS) is 29.2. The molecule has 2 amide bonds. The molecule has 0 unspecified atom stereocenters. The number of amides is 2. The molecule has 1 heterocycles. The third kappa shape index (κ3) is 2.64. The maximum Gasteiger partial charge on any atom is 0.404 e. The van der Waals surface area contributed by atoms with Gasteiger partial charge in [0.1, 0.15) is 6.10 Å². The number of hydrogen-bond acceptors (Lipinski definition) is 4. The molecule has 6 heteroatoms. The lowest BCUT2D eigenvalue weighted by Gasteiger charge is -2.38. The first-order valence-corrected chi connectivity index (χ1v) is 6.01. The highest BCUT2D eigenvalue weighted by Gasteiger charge is 2.42. The van der Waals surface area contributed by atoms with E-state index in [1.807, 2.05) is 19.1 Å². The van der Waals surface area contributed by atoms with Crippen molar-refractivity contribution in [1.82, 2.24) is 5.32 Å². The van der Waals surface area contributed by atoms with E-state index < -0.39 is 11.5 Å². The monoisotopic (exact) mass is 254 g/mol. The summed E-state index contributed by atoms with van der Waals surface area (Å²) in [5.41, 5.74) is 4.56. The van der Waals surface area contributed by atoms with Crippen LogP contribution in [-0.4, -0.2) is 37.4 Å². The molecule has 0 spiro atoms. The summed E-state index contributed by atoms with van der Waals surface area (Å²) in [6.45, 7) is 2.72. The molecule has 1 aliphatic carbocycles. The molecule has 0 aromatic heterocycles. The molecule has 2 atom stereocenters. The van der Waals surface area contributed by atoms with Gasteiger partial charge < -0.3 is 20.5 Å². The minimum atomic E-state index is -0.812. The summed E-state index contributed by atoms with van der Waals surface area (Å²) in [7, 11) is 0. The lowest BCUT2D eigenvalue weighted by atomic mass is 9.86. The van der Waals surface area contributed by atoms with Crippen molar-refractivity contribution in [3.63, 3.8) is 0 Å². The molecule has 0 bridgehead atoms. The van der Waals surface area contributed by atoms with E-state index in [0.29, 0.717) is 26.1 Å². The summed E-state index contributed by atoms with van der Waals surface area (Å²) in [4.78, 5) is 22.9. The van der Waals surface area contributed by atoms with Crippen molar-refractivity contribution < 1.29 is 19.1 Å². The van der Waals surface area contributed by atoms with Crippen LogP contribution in [0.4, 0.5) is 4.79 Å². The van der Waals surface area contributed by atoms with E-state index in [-0.39, 0.29) is 18.1 Å². The number of ether oxygens (including phenoxy) is 2. The quantitative estimate of drug-likeness (QED) is 0.710. The topological polar surface area (TPSA) is 90.6 Å². The first-order chi connectivity index (χ1) is 8.51. The SMILES string of the molecule is CC1(C(=O)N[C@H]2CC=CC[C@@H]2OC(N)=O)COC1. The summed E-state index contributed by atoms with van der Waals surface area (Å²) < 4.78 is 10.1. The van der Waals surface area contributed by atoms with Crippen molar-refractivity contribution in [3.8, 4) is 0 Å². The van der Waals surface area contributed by atoms with Crippen LogP contribution >= 0.6 is 0 Å². The number of hydrogen-bond donors (Lipinski definition) is 2. The highest BCUT2D eigenvalue weighted by molar-refractivity contribution is 5.83. The van der Waals surface area contributed by atoms with E-state index in [9.17, 15) is 9.59 Å². The highest BCUT2D eigenvalue weighted by Crippen LogP contribution is 2.27. The van der Waals surface area contributed by atoms with E-state index in [1.54, 1.807) is 0 Å². The average Bonchev–Trinajstić information content (AvgIpc) is 2.27. The zero-order valence-electron chi connectivity index (χ0n) is 10.3. The third-order valence-corrected chi connectivity index (χ3v) is 3.35. The zero-order chi connectivity index (χ0) is 13.2. The van der Waals surface area contributed by atoms with Gasteiger partial charge in [0.2, 0.25) is 5.91 Å². The van der Waals surface area contributed by atoms with Gasteiger partial charge in [-0.1, -0.05) is 12.2 Å². The summed E-state index contributed by atoms with van der Waals surface area (Å²) in [6, 6.07) is -0.215. The van der Waals surface area contributed by atoms with E-state index in [4.69, 9.17) is 15.2 Å². The van der Waals surface area contributed by atoms with Gasteiger partial charge in [0.25, 0.3) is 0 Å². The Balaban J connectivity index is 1.95. The number of nitrogens with one attached hydrogen (secondary N) is 1. The largest absolute Gasteiger partial charge is 0.444 e. The average molecular weight is 254 g/mol. The highest BCUT2D eigenvalue weighted by atomic mass is 16.6. The molecule has 1 saturated heterocycles. The van der Waals surface area contributed by atoms with E-state index in [0.717, 1.165) is 0 Å². The number of rotatable bonds is 3. The summed E-state index contributed by atoms with van der Waals surface area (Å²) >= 11 is 0. The van der Waals surface area contributed by atoms with E-state index in [2.05, 4.69) is 5.32 Å². The molecule has 3 N–H and O–H groups in total. The van der Waals surface area contributed by atoms with Gasteiger partial charge in [-0.3, -0.25) is 4.79 Å². The Morgan fingerprint density at radius 3 is 2.61 bits per heavy atom. The molecule has 0 radical (unpaired) electrons. The van der Waals surface area contributed by atoms with Gasteiger partial charge in [-0.15, -0.1) is 0 Å². The molecular formula is C12H18N2O4. The summed E-state index contributed by atoms with van der Waals surface area (Å²) in [5.74, 6) is -0.0629. The van der Waals surface area contributed by atoms with E-state index in [1.165, 1.54) is 0 Å². The molecule has 18 heavy (non-hydrogen) atoms. The Morgan fingerprint density at radius 2 is 2.06 bits per heavy atom. The van der Waals surface area contributed by atoms with Crippen LogP contribution in [0.15, 0.2) is 12.2 Å². The lowest BCUT2D eigenvalue weighted by Crippen LogP contribution is -2.57. The second-order valence-corrected chi connectivity index (χ2v) is 5.05. The van der Waals surface area contributed by atoms with Gasteiger partial charge in [-0.25, -0.2) is 4.79 Å². The molecule has 0 saturated carbocycles. The fourth-order valence-electron chi connectivity index (χ4n) is 2.10. The predicted octanol–water partition coefficient (Wildman–Crippen LogP) is 0.322. The summed E-state index contributed by atoms with van der Waals surface area (Å²) in [5, 5.41) is 2.91. The van der Waals surface area contributed by atoms with Gasteiger partial charge in [0, 0.05) is 6.42 Å². The Labute approximate surface area is 105 Å². The molecule has 2 aliphatic rings. The van der Waals surface area contributed by atoms with Crippen LogP contribution in [0.25, 0.3) is 0 Å². The maximum atomic E-state index is 12.1. The van der Waals surface area contributed by atoms with Crippen LogP contribution in [0.1, 0.15) is 19.8 Å². The first-order valence-electron chi connectivity index (χ1n) is 6.01. The molecule has 0 aromatic rings. The number of carbonyl (C=O) groups is 2. The fraction of sp³-hybridized carbons (Fsp3) is 0.667. The van der Waals surface area contributed by atoms with Crippen LogP contribution in [-0.2, 0) is 14.3 Å². The number of carbonyl (C=O) groups excluding carboxylic acids is 2. The Morgan fingerprint density at radius 1 is 1.39 bits per heavy atom. The molecule has 0 aromatic carbocycles. The van der Waals surface area contributed by atoms with Crippen molar-refractivity contribution in [2.24, 2.45) is 11.1 Å². The van der Waals surface area contributed by atoms with Crippen LogP contribution in [0.3, 0.4) is 0 Å². The fourth-order valence-corrected chi connectivity index (χ4v) is 2.10.